The molecule has 2 unspecified atom stereocenters. The summed E-state index contributed by atoms with van der Waals surface area (Å²) < 4.78 is 18.3. The van der Waals surface area contributed by atoms with Crippen LogP contribution in [0.4, 0.5) is 22.7 Å². The third-order valence-electron chi connectivity index (χ3n) is 18.4. The highest BCUT2D eigenvalue weighted by molar-refractivity contribution is 6.14. The van der Waals surface area contributed by atoms with Crippen molar-refractivity contribution in [1.29, 1.82) is 0 Å². The van der Waals surface area contributed by atoms with Gasteiger partial charge in [-0.2, -0.15) is 0 Å². The average Bonchev–Trinajstić information content (AvgIpc) is 2.45. The first-order chi connectivity index (χ1) is 42.0. The SMILES string of the molecule is C=Cc1c(/C=C\C)n(C2=CCCC=C2)c2ccc(-c3ccc4c(c3)c3ccccc3n4-c3ccc4oc5c6c(ccc5c4c3)N(c3cccc(-c4ccc5oc7ccc(N8c9ccccc9C9CCC=CC98)cc7c5c4)c3)/C=C\C=C/C6=C)cc12. The van der Waals surface area contributed by atoms with Crippen LogP contribution in [0.2, 0.25) is 0 Å². The Hall–Kier alpha value is -10.6. The van der Waals surface area contributed by atoms with Crippen LogP contribution in [0.3, 0.4) is 0 Å². The average molecular weight is 1100 g/mol. The van der Waals surface area contributed by atoms with Gasteiger partial charge < -0.3 is 27.8 Å². The molecule has 9 aromatic carbocycles. The predicted octanol–water partition coefficient (Wildman–Crippen LogP) is 21.9. The van der Waals surface area contributed by atoms with Gasteiger partial charge in [-0.05, 0) is 193 Å². The smallest absolute Gasteiger partial charge is 0.145 e. The number of allylic oxidation sites excluding steroid dienone is 10. The molecule has 2 aliphatic heterocycles. The van der Waals surface area contributed by atoms with Gasteiger partial charge in [-0.3, -0.25) is 0 Å². The Morgan fingerprint density at radius 1 is 0.529 bits per heavy atom. The first kappa shape index (κ1) is 49.1. The molecule has 0 saturated carbocycles. The van der Waals surface area contributed by atoms with Crippen molar-refractivity contribution in [3.8, 4) is 27.9 Å². The van der Waals surface area contributed by atoms with Crippen molar-refractivity contribution in [3.63, 3.8) is 0 Å². The maximum atomic E-state index is 6.98. The second kappa shape index (κ2) is 19.3. The summed E-state index contributed by atoms with van der Waals surface area (Å²) >= 11 is 0. The van der Waals surface area contributed by atoms with E-state index in [9.17, 15) is 0 Å². The van der Waals surface area contributed by atoms with E-state index in [2.05, 4.69) is 282 Å². The molecule has 4 aliphatic rings. The summed E-state index contributed by atoms with van der Waals surface area (Å²) in [6, 6.07) is 65.0. The zero-order valence-corrected chi connectivity index (χ0v) is 47.2. The van der Waals surface area contributed by atoms with E-state index in [0.717, 1.165) is 125 Å². The monoisotopic (exact) mass is 1090 g/mol. The van der Waals surface area contributed by atoms with Crippen molar-refractivity contribution in [2.75, 3.05) is 9.80 Å². The highest BCUT2D eigenvalue weighted by Gasteiger charge is 2.38. The summed E-state index contributed by atoms with van der Waals surface area (Å²) in [6.07, 6.45) is 30.7. The Labute approximate surface area is 492 Å². The fraction of sp³-hybridized carbons (Fsp3) is 0.0886. The highest BCUT2D eigenvalue weighted by atomic mass is 16.3. The number of nitrogens with zero attached hydrogens (tertiary/aromatic N) is 4. The molecule has 6 heteroatoms. The maximum absolute atomic E-state index is 6.98. The minimum Gasteiger partial charge on any atom is -0.456 e. The molecule has 0 radical (unpaired) electrons. The molecule has 17 rings (SSSR count). The Bertz CT molecular complexity index is 5230. The molecule has 13 aromatic rings. The zero-order valence-electron chi connectivity index (χ0n) is 47.2. The fourth-order valence-electron chi connectivity index (χ4n) is 14.5. The minimum absolute atomic E-state index is 0.305. The Morgan fingerprint density at radius 3 is 2.09 bits per heavy atom. The molecule has 0 amide bonds. The van der Waals surface area contributed by atoms with Gasteiger partial charge in [0.15, 0.2) is 0 Å². The molecule has 0 saturated heterocycles. The summed E-state index contributed by atoms with van der Waals surface area (Å²) in [5, 5.41) is 7.90. The van der Waals surface area contributed by atoms with Crippen molar-refractivity contribution in [3.05, 3.63) is 272 Å². The Balaban J connectivity index is 0.728. The second-order valence-electron chi connectivity index (χ2n) is 23.1. The first-order valence-corrected chi connectivity index (χ1v) is 29.8. The molecule has 85 heavy (non-hydrogen) atoms. The molecule has 6 nitrogen and oxygen atoms in total. The lowest BCUT2D eigenvalue weighted by Crippen LogP contribution is -2.29. The largest absolute Gasteiger partial charge is 0.456 e. The van der Waals surface area contributed by atoms with E-state index < -0.39 is 0 Å². The minimum atomic E-state index is 0.305. The van der Waals surface area contributed by atoms with Gasteiger partial charge in [-0.25, -0.2) is 0 Å². The van der Waals surface area contributed by atoms with Crippen LogP contribution in [-0.2, 0) is 0 Å². The molecule has 2 aliphatic carbocycles. The molecule has 2 atom stereocenters. The van der Waals surface area contributed by atoms with Crippen LogP contribution < -0.4 is 9.80 Å². The summed E-state index contributed by atoms with van der Waals surface area (Å²) in [4.78, 5) is 4.80. The van der Waals surface area contributed by atoms with Gasteiger partial charge in [-0.1, -0.05) is 128 Å². The van der Waals surface area contributed by atoms with Gasteiger partial charge in [-0.15, -0.1) is 0 Å². The number of aromatic nitrogens is 2. The van der Waals surface area contributed by atoms with E-state index in [1.54, 1.807) is 0 Å². The number of rotatable bonds is 8. The predicted molar refractivity (Wildman–Crippen MR) is 359 cm³/mol. The van der Waals surface area contributed by atoms with Gasteiger partial charge in [0.25, 0.3) is 0 Å². The lowest BCUT2D eigenvalue weighted by molar-refractivity contribution is 0.573. The van der Waals surface area contributed by atoms with Gasteiger partial charge in [0.05, 0.1) is 34.0 Å². The topological polar surface area (TPSA) is 42.6 Å². The fourth-order valence-corrected chi connectivity index (χ4v) is 14.5. The number of anilines is 4. The molecular formula is C79H58N4O2. The van der Waals surface area contributed by atoms with Crippen LogP contribution in [0.5, 0.6) is 0 Å². The van der Waals surface area contributed by atoms with Gasteiger partial charge >= 0.3 is 0 Å². The van der Waals surface area contributed by atoms with Crippen LogP contribution >= 0.6 is 0 Å². The standard InChI is InChI=1S/C79H58N4O2/c1-4-18-68-58(5-2)63-44-51(30-36-72(63)81(68)54-21-7-6-8-22-54)52-31-37-73-64(45-52)61-26-11-14-29-71(61)83(73)56-34-41-77-66(47-56)62-35-38-74-78(79(62)85-77)49(3)19-15-16-42-80(74)55-23-17-20-50(43-55)53-32-39-75-65(46-53)67-48-57(33-40-76(67)84-75)82-69-27-12-9-24-59(69)60-25-10-13-28-70(60)82/h4-5,7,9,11-24,26-48,60,70H,2-3,6,8,10,25H2,1H3/b18-4-,19-15-,42-16-. The Morgan fingerprint density at radius 2 is 1.25 bits per heavy atom. The molecule has 0 N–H and O–H groups in total. The molecule has 0 bridgehead atoms. The van der Waals surface area contributed by atoms with Crippen LogP contribution in [0.1, 0.15) is 60.9 Å². The van der Waals surface area contributed by atoms with Crippen molar-refractivity contribution in [2.24, 2.45) is 0 Å². The summed E-state index contributed by atoms with van der Waals surface area (Å²) in [5.74, 6) is 0.495. The summed E-state index contributed by atoms with van der Waals surface area (Å²) in [5.41, 5.74) is 23.8. The van der Waals surface area contributed by atoms with E-state index in [1.807, 2.05) is 6.08 Å². The second-order valence-corrected chi connectivity index (χ2v) is 23.1. The third-order valence-corrected chi connectivity index (χ3v) is 18.4. The quantitative estimate of drug-likeness (QED) is 0.142. The van der Waals surface area contributed by atoms with Crippen LogP contribution in [0, 0.1) is 0 Å². The van der Waals surface area contributed by atoms with Gasteiger partial charge in [0, 0.05) is 89.4 Å². The van der Waals surface area contributed by atoms with Gasteiger partial charge in [0.2, 0.25) is 0 Å². The Kier molecular flexibility index (Phi) is 11.1. The summed E-state index contributed by atoms with van der Waals surface area (Å²) in [7, 11) is 0. The van der Waals surface area contributed by atoms with E-state index in [-0.39, 0.29) is 0 Å². The first-order valence-electron chi connectivity index (χ1n) is 29.8. The number of hydrogen-bond donors (Lipinski definition) is 0. The maximum Gasteiger partial charge on any atom is 0.145 e. The van der Waals surface area contributed by atoms with Crippen molar-refractivity contribution < 1.29 is 8.83 Å². The number of benzene rings is 9. The van der Waals surface area contributed by atoms with Gasteiger partial charge in [0.1, 0.15) is 22.3 Å². The molecule has 0 spiro atoms. The van der Waals surface area contributed by atoms with E-state index >= 15 is 0 Å². The summed E-state index contributed by atoms with van der Waals surface area (Å²) in [6.45, 7) is 11.0. The number of hydrogen-bond acceptors (Lipinski definition) is 4. The van der Waals surface area contributed by atoms with Crippen molar-refractivity contribution in [1.82, 2.24) is 9.13 Å². The van der Waals surface area contributed by atoms with E-state index in [1.165, 1.54) is 61.9 Å². The normalized spacial score (nSPS) is 17.4. The zero-order chi connectivity index (χ0) is 56.4. The molecule has 4 aromatic heterocycles. The van der Waals surface area contributed by atoms with E-state index in [4.69, 9.17) is 8.83 Å². The lowest BCUT2D eigenvalue weighted by atomic mass is 9.86. The molecular weight excluding hydrogens is 1040 g/mol. The van der Waals surface area contributed by atoms with Crippen LogP contribution in [-0.4, -0.2) is 15.2 Å². The van der Waals surface area contributed by atoms with Crippen LogP contribution in [0.25, 0.3) is 128 Å². The van der Waals surface area contributed by atoms with E-state index in [0.29, 0.717) is 12.0 Å². The number of furan rings is 2. The molecule has 0 fully saturated rings. The highest BCUT2D eigenvalue weighted by Crippen LogP contribution is 2.51. The van der Waals surface area contributed by atoms with Crippen LogP contribution in [0.15, 0.2) is 259 Å². The van der Waals surface area contributed by atoms with Crippen molar-refractivity contribution >= 4 is 123 Å². The number of fused-ring (bicyclic) bond motifs is 15. The molecule has 406 valence electrons. The molecule has 6 heterocycles. The number of para-hydroxylation sites is 2. The van der Waals surface area contributed by atoms with Crippen molar-refractivity contribution in [2.45, 2.75) is 44.6 Å². The third kappa shape index (κ3) is 7.58. The lowest BCUT2D eigenvalue weighted by Gasteiger charge is -2.30.